The van der Waals surface area contributed by atoms with Crippen LogP contribution in [0.3, 0.4) is 0 Å². The zero-order valence-corrected chi connectivity index (χ0v) is 12.0. The summed E-state index contributed by atoms with van der Waals surface area (Å²) in [5.74, 6) is -1.06. The van der Waals surface area contributed by atoms with Crippen molar-refractivity contribution in [2.24, 2.45) is 0 Å². The minimum atomic E-state index is -0.642. The van der Waals surface area contributed by atoms with Gasteiger partial charge in [-0.2, -0.15) is 5.26 Å². The van der Waals surface area contributed by atoms with Gasteiger partial charge in [0.15, 0.2) is 6.61 Å². The van der Waals surface area contributed by atoms with Crippen LogP contribution in [0.25, 0.3) is 0 Å². The zero-order chi connectivity index (χ0) is 15.9. The van der Waals surface area contributed by atoms with E-state index in [0.717, 1.165) is 5.56 Å². The largest absolute Gasteiger partial charge is 0.452 e. The number of hydrogen-bond acceptors (Lipinski definition) is 4. The molecule has 0 bridgehead atoms. The van der Waals surface area contributed by atoms with E-state index in [2.05, 4.69) is 5.32 Å². The van der Waals surface area contributed by atoms with Crippen molar-refractivity contribution < 1.29 is 14.3 Å². The Morgan fingerprint density at radius 2 is 1.95 bits per heavy atom. The van der Waals surface area contributed by atoms with Gasteiger partial charge in [-0.05, 0) is 42.8 Å². The van der Waals surface area contributed by atoms with E-state index in [0.29, 0.717) is 11.3 Å². The molecule has 2 rings (SSSR count). The molecular formula is C17H14N2O3. The number of aryl methyl sites for hydroxylation is 1. The molecule has 1 N–H and O–H groups in total. The Morgan fingerprint density at radius 3 is 2.68 bits per heavy atom. The number of amides is 1. The van der Waals surface area contributed by atoms with Crippen molar-refractivity contribution in [2.75, 3.05) is 11.9 Å². The van der Waals surface area contributed by atoms with Gasteiger partial charge in [0.2, 0.25) is 0 Å². The second-order valence-corrected chi connectivity index (χ2v) is 4.69. The maximum Gasteiger partial charge on any atom is 0.338 e. The number of carbonyl (C=O) groups is 2. The predicted octanol–water partition coefficient (Wildman–Crippen LogP) is 2.66. The number of rotatable bonds is 4. The molecule has 0 aliphatic rings. The van der Waals surface area contributed by atoms with Gasteiger partial charge in [0.1, 0.15) is 0 Å². The van der Waals surface area contributed by atoms with E-state index in [1.54, 1.807) is 18.2 Å². The molecule has 0 saturated carbocycles. The predicted molar refractivity (Wildman–Crippen MR) is 81.2 cm³/mol. The van der Waals surface area contributed by atoms with Crippen molar-refractivity contribution in [3.8, 4) is 6.07 Å². The Kier molecular flexibility index (Phi) is 4.89. The number of carbonyl (C=O) groups excluding carboxylic acids is 2. The number of hydrogen-bond donors (Lipinski definition) is 1. The number of nitrogens with zero attached hydrogens (tertiary/aromatic N) is 1. The van der Waals surface area contributed by atoms with Crippen molar-refractivity contribution in [1.82, 2.24) is 0 Å². The van der Waals surface area contributed by atoms with Gasteiger partial charge in [0.25, 0.3) is 5.91 Å². The second-order valence-electron chi connectivity index (χ2n) is 4.69. The van der Waals surface area contributed by atoms with Crippen LogP contribution in [0.15, 0.2) is 48.5 Å². The first kappa shape index (κ1) is 15.3. The number of ether oxygens (including phenoxy) is 1. The minimum absolute atomic E-state index is 0.238. The van der Waals surface area contributed by atoms with Crippen LogP contribution in [-0.2, 0) is 9.53 Å². The van der Waals surface area contributed by atoms with E-state index in [1.165, 1.54) is 12.1 Å². The van der Waals surface area contributed by atoms with Crippen LogP contribution in [0.1, 0.15) is 21.5 Å². The van der Waals surface area contributed by atoms with E-state index in [-0.39, 0.29) is 12.2 Å². The molecule has 0 radical (unpaired) electrons. The summed E-state index contributed by atoms with van der Waals surface area (Å²) < 4.78 is 4.93. The fourth-order valence-electron chi connectivity index (χ4n) is 1.85. The summed E-state index contributed by atoms with van der Waals surface area (Å²) in [7, 11) is 0. The lowest BCUT2D eigenvalue weighted by atomic mass is 10.1. The number of esters is 1. The Morgan fingerprint density at radius 1 is 1.18 bits per heavy atom. The third-order valence-electron chi connectivity index (χ3n) is 2.86. The van der Waals surface area contributed by atoms with Gasteiger partial charge in [0, 0.05) is 5.69 Å². The molecule has 110 valence electrons. The smallest absolute Gasteiger partial charge is 0.338 e. The topological polar surface area (TPSA) is 79.2 Å². The third kappa shape index (κ3) is 4.18. The summed E-state index contributed by atoms with van der Waals surface area (Å²) >= 11 is 0. The van der Waals surface area contributed by atoms with Gasteiger partial charge in [-0.3, -0.25) is 4.79 Å². The summed E-state index contributed by atoms with van der Waals surface area (Å²) in [5.41, 5.74) is 2.26. The van der Waals surface area contributed by atoms with Gasteiger partial charge in [-0.25, -0.2) is 4.79 Å². The quantitative estimate of drug-likeness (QED) is 0.879. The van der Waals surface area contributed by atoms with E-state index < -0.39 is 11.9 Å². The van der Waals surface area contributed by atoms with Gasteiger partial charge in [-0.1, -0.05) is 18.2 Å². The zero-order valence-electron chi connectivity index (χ0n) is 12.0. The highest BCUT2D eigenvalue weighted by Crippen LogP contribution is 2.10. The summed E-state index contributed by atoms with van der Waals surface area (Å²) in [6.07, 6.45) is 0. The van der Waals surface area contributed by atoms with Crippen LogP contribution in [-0.4, -0.2) is 18.5 Å². The summed E-state index contributed by atoms with van der Waals surface area (Å²) in [6.45, 7) is 1.53. The number of nitrogens with one attached hydrogen (secondary N) is 1. The van der Waals surface area contributed by atoms with Crippen LogP contribution in [0.5, 0.6) is 0 Å². The molecular weight excluding hydrogens is 280 g/mol. The van der Waals surface area contributed by atoms with Crippen molar-refractivity contribution >= 4 is 17.6 Å². The minimum Gasteiger partial charge on any atom is -0.452 e. The van der Waals surface area contributed by atoms with Crippen molar-refractivity contribution in [3.63, 3.8) is 0 Å². The lowest BCUT2D eigenvalue weighted by Crippen LogP contribution is -2.21. The van der Waals surface area contributed by atoms with Gasteiger partial charge in [-0.15, -0.1) is 0 Å². The number of nitriles is 1. The summed E-state index contributed by atoms with van der Waals surface area (Å²) in [5, 5.41) is 11.4. The first-order chi connectivity index (χ1) is 10.6. The molecule has 0 fully saturated rings. The lowest BCUT2D eigenvalue weighted by molar-refractivity contribution is -0.119. The number of anilines is 1. The van der Waals surface area contributed by atoms with E-state index in [4.69, 9.17) is 10.00 Å². The molecule has 0 atom stereocenters. The van der Waals surface area contributed by atoms with Crippen LogP contribution >= 0.6 is 0 Å². The molecule has 5 heteroatoms. The molecule has 22 heavy (non-hydrogen) atoms. The Balaban J connectivity index is 1.90. The standard InChI is InChI=1S/C17H14N2O3/c1-12-4-2-7-15(8-12)19-16(20)11-22-17(21)14-6-3-5-13(9-14)10-18/h2-9H,11H2,1H3,(H,19,20). The molecule has 0 spiro atoms. The maximum atomic E-state index is 11.8. The highest BCUT2D eigenvalue weighted by Gasteiger charge is 2.11. The molecule has 0 aliphatic carbocycles. The third-order valence-corrected chi connectivity index (χ3v) is 2.86. The normalized spacial score (nSPS) is 9.64. The summed E-state index contributed by atoms with van der Waals surface area (Å²) in [4.78, 5) is 23.6. The number of benzene rings is 2. The first-order valence-electron chi connectivity index (χ1n) is 6.62. The Labute approximate surface area is 128 Å². The molecule has 5 nitrogen and oxygen atoms in total. The van der Waals surface area contributed by atoms with Crippen molar-refractivity contribution in [2.45, 2.75) is 6.92 Å². The fourth-order valence-corrected chi connectivity index (χ4v) is 1.85. The SMILES string of the molecule is Cc1cccc(NC(=O)COC(=O)c2cccc(C#N)c2)c1. The Hall–Kier alpha value is -3.13. The monoisotopic (exact) mass is 294 g/mol. The molecule has 2 aromatic rings. The second kappa shape index (κ2) is 7.04. The molecule has 0 aliphatic heterocycles. The van der Waals surface area contributed by atoms with Gasteiger partial charge >= 0.3 is 5.97 Å². The van der Waals surface area contributed by atoms with E-state index >= 15 is 0 Å². The average Bonchev–Trinajstić information content (AvgIpc) is 2.52. The van der Waals surface area contributed by atoms with Gasteiger partial charge < -0.3 is 10.1 Å². The average molecular weight is 294 g/mol. The van der Waals surface area contributed by atoms with Crippen LogP contribution < -0.4 is 5.32 Å². The molecule has 2 aromatic carbocycles. The van der Waals surface area contributed by atoms with Crippen LogP contribution in [0.2, 0.25) is 0 Å². The van der Waals surface area contributed by atoms with E-state index in [9.17, 15) is 9.59 Å². The lowest BCUT2D eigenvalue weighted by Gasteiger charge is -2.07. The molecule has 0 heterocycles. The van der Waals surface area contributed by atoms with E-state index in [1.807, 2.05) is 31.2 Å². The maximum absolute atomic E-state index is 11.8. The molecule has 0 unspecified atom stereocenters. The van der Waals surface area contributed by atoms with Crippen molar-refractivity contribution in [1.29, 1.82) is 5.26 Å². The molecule has 0 aromatic heterocycles. The highest BCUT2D eigenvalue weighted by molar-refractivity contribution is 5.95. The molecule has 0 saturated heterocycles. The van der Waals surface area contributed by atoms with Crippen molar-refractivity contribution in [3.05, 3.63) is 65.2 Å². The highest BCUT2D eigenvalue weighted by atomic mass is 16.5. The van der Waals surface area contributed by atoms with Gasteiger partial charge in [0.05, 0.1) is 17.2 Å². The first-order valence-corrected chi connectivity index (χ1v) is 6.62. The fraction of sp³-hybridized carbons (Fsp3) is 0.118. The summed E-state index contributed by atoms with van der Waals surface area (Å²) in [6, 6.07) is 15.4. The molecule has 1 amide bonds. The Bertz CT molecular complexity index is 748. The van der Waals surface area contributed by atoms with Crippen LogP contribution in [0.4, 0.5) is 5.69 Å². The van der Waals surface area contributed by atoms with Crippen LogP contribution in [0, 0.1) is 18.3 Å².